The molecule has 0 aromatic heterocycles. The van der Waals surface area contributed by atoms with Crippen LogP contribution in [-0.4, -0.2) is 7.05 Å². The third-order valence-corrected chi connectivity index (χ3v) is 1.26. The van der Waals surface area contributed by atoms with Crippen molar-refractivity contribution in [3.05, 3.63) is 29.2 Å². The molecule has 0 unspecified atom stereocenters. The maximum Gasteiger partial charge on any atom is 0.132 e. The molecule has 2 N–H and O–H groups in total. The molecule has 4 heteroatoms. The molecule has 0 spiro atoms. The van der Waals surface area contributed by atoms with Crippen LogP contribution in [0.3, 0.4) is 0 Å². The molecule has 0 saturated carbocycles. The lowest BCUT2D eigenvalue weighted by Crippen LogP contribution is -2.14. The summed E-state index contributed by atoms with van der Waals surface area (Å²) in [4.78, 5) is 10.2. The summed E-state index contributed by atoms with van der Waals surface area (Å²) in [5, 5.41) is 2.84. The second kappa shape index (κ2) is 3.68. The number of para-hydroxylation sites is 1. The topological polar surface area (TPSA) is 53.5 Å². The van der Waals surface area contributed by atoms with Crippen molar-refractivity contribution < 1.29 is 0 Å². The minimum absolute atomic E-state index is 0.404. The highest BCUT2D eigenvalue weighted by atomic mass is 16.3. The van der Waals surface area contributed by atoms with Crippen molar-refractivity contribution in [2.45, 2.75) is 0 Å². The lowest BCUT2D eigenvalue weighted by molar-refractivity contribution is 0.984. The quantitative estimate of drug-likeness (QED) is 0.510. The van der Waals surface area contributed by atoms with E-state index in [0.29, 0.717) is 11.4 Å². The van der Waals surface area contributed by atoms with Crippen molar-refractivity contribution in [1.82, 2.24) is 5.43 Å². The summed E-state index contributed by atoms with van der Waals surface area (Å²) in [6.45, 7) is 0. The Balaban J connectivity index is 2.92. The molecular formula is C7H9N3O. The Labute approximate surface area is 64.6 Å². The summed E-state index contributed by atoms with van der Waals surface area (Å²) in [5.41, 5.74) is 6.58. The third-order valence-electron chi connectivity index (χ3n) is 1.26. The van der Waals surface area contributed by atoms with E-state index >= 15 is 0 Å². The molecule has 4 nitrogen and oxygen atoms in total. The van der Waals surface area contributed by atoms with E-state index in [2.05, 4.69) is 16.0 Å². The van der Waals surface area contributed by atoms with Gasteiger partial charge in [-0.15, -0.1) is 4.91 Å². The fourth-order valence-electron chi connectivity index (χ4n) is 0.794. The number of hydrogen-bond donors (Lipinski definition) is 2. The number of rotatable bonds is 3. The summed E-state index contributed by atoms with van der Waals surface area (Å²) in [7, 11) is 1.72. The van der Waals surface area contributed by atoms with Gasteiger partial charge in [-0.2, -0.15) is 0 Å². The predicted octanol–water partition coefficient (Wildman–Crippen LogP) is 1.63. The first-order valence-electron chi connectivity index (χ1n) is 3.23. The molecule has 0 aliphatic heterocycles. The molecular weight excluding hydrogens is 142 g/mol. The van der Waals surface area contributed by atoms with Crippen molar-refractivity contribution in [1.29, 1.82) is 0 Å². The number of hydrazine groups is 1. The van der Waals surface area contributed by atoms with Gasteiger partial charge in [-0.3, -0.25) is 0 Å². The maximum absolute atomic E-state index is 10.2. The van der Waals surface area contributed by atoms with E-state index in [1.165, 1.54) is 0 Å². The highest BCUT2D eigenvalue weighted by Crippen LogP contribution is 2.22. The molecule has 1 aromatic rings. The van der Waals surface area contributed by atoms with Crippen LogP contribution in [0.1, 0.15) is 0 Å². The highest BCUT2D eigenvalue weighted by Gasteiger charge is 1.97. The van der Waals surface area contributed by atoms with Gasteiger partial charge in [-0.25, -0.2) is 5.43 Å². The van der Waals surface area contributed by atoms with Crippen molar-refractivity contribution in [2.75, 3.05) is 12.5 Å². The molecule has 0 heterocycles. The van der Waals surface area contributed by atoms with Gasteiger partial charge in [0.1, 0.15) is 5.69 Å². The van der Waals surface area contributed by atoms with Gasteiger partial charge in [-0.1, -0.05) is 12.1 Å². The third kappa shape index (κ3) is 1.75. The predicted molar refractivity (Wildman–Crippen MR) is 44.6 cm³/mol. The van der Waals surface area contributed by atoms with Gasteiger partial charge < -0.3 is 5.43 Å². The first-order chi connectivity index (χ1) is 5.38. The molecule has 0 radical (unpaired) electrons. The van der Waals surface area contributed by atoms with E-state index in [9.17, 15) is 4.91 Å². The number of nitrogens with zero attached hydrogens (tertiary/aromatic N) is 1. The number of hydrogen-bond acceptors (Lipinski definition) is 4. The second-order valence-electron chi connectivity index (χ2n) is 1.98. The molecule has 0 atom stereocenters. The largest absolute Gasteiger partial charge is 0.320 e. The van der Waals surface area contributed by atoms with Crippen LogP contribution in [0.2, 0.25) is 0 Å². The van der Waals surface area contributed by atoms with Crippen molar-refractivity contribution in [3.8, 4) is 0 Å². The highest BCUT2D eigenvalue weighted by molar-refractivity contribution is 5.64. The zero-order valence-electron chi connectivity index (χ0n) is 6.16. The monoisotopic (exact) mass is 151 g/mol. The summed E-state index contributed by atoms with van der Waals surface area (Å²) < 4.78 is 0. The molecule has 1 aromatic carbocycles. The number of anilines is 1. The Morgan fingerprint density at radius 3 is 2.73 bits per heavy atom. The first-order valence-corrected chi connectivity index (χ1v) is 3.23. The van der Waals surface area contributed by atoms with E-state index in [4.69, 9.17) is 0 Å². The van der Waals surface area contributed by atoms with Gasteiger partial charge in [0.05, 0.1) is 5.69 Å². The average Bonchev–Trinajstić information content (AvgIpc) is 2.06. The summed E-state index contributed by atoms with van der Waals surface area (Å²) in [5.74, 6) is 0. The van der Waals surface area contributed by atoms with Gasteiger partial charge in [0.25, 0.3) is 0 Å². The summed E-state index contributed by atoms with van der Waals surface area (Å²) in [6.07, 6.45) is 0. The maximum atomic E-state index is 10.2. The zero-order chi connectivity index (χ0) is 8.10. The Bertz CT molecular complexity index is 249. The van der Waals surface area contributed by atoms with Crippen molar-refractivity contribution in [2.24, 2.45) is 5.18 Å². The van der Waals surface area contributed by atoms with Crippen LogP contribution in [0.4, 0.5) is 11.4 Å². The molecule has 0 aliphatic carbocycles. The second-order valence-corrected chi connectivity index (χ2v) is 1.98. The molecule has 0 amide bonds. The van der Waals surface area contributed by atoms with E-state index < -0.39 is 0 Å². The molecule has 1 rings (SSSR count). The normalized spacial score (nSPS) is 9.18. The molecule has 0 aliphatic rings. The van der Waals surface area contributed by atoms with Crippen molar-refractivity contribution >= 4 is 11.4 Å². The summed E-state index contributed by atoms with van der Waals surface area (Å²) >= 11 is 0. The fourth-order valence-corrected chi connectivity index (χ4v) is 0.794. The average molecular weight is 151 g/mol. The van der Waals surface area contributed by atoms with Crippen molar-refractivity contribution in [3.63, 3.8) is 0 Å². The minimum Gasteiger partial charge on any atom is -0.320 e. The molecule has 58 valence electrons. The van der Waals surface area contributed by atoms with Crippen LogP contribution in [-0.2, 0) is 0 Å². The lowest BCUT2D eigenvalue weighted by atomic mass is 10.3. The molecule has 0 saturated heterocycles. The van der Waals surface area contributed by atoms with Gasteiger partial charge in [-0.05, 0) is 17.3 Å². The van der Waals surface area contributed by atoms with Crippen LogP contribution >= 0.6 is 0 Å². The van der Waals surface area contributed by atoms with E-state index in [1.807, 2.05) is 6.07 Å². The zero-order valence-corrected chi connectivity index (χ0v) is 6.16. The minimum atomic E-state index is 0.404. The van der Waals surface area contributed by atoms with Gasteiger partial charge >= 0.3 is 0 Å². The number of nitrogens with one attached hydrogen (secondary N) is 2. The molecule has 11 heavy (non-hydrogen) atoms. The van der Waals surface area contributed by atoms with Gasteiger partial charge in [0.15, 0.2) is 0 Å². The molecule has 0 fully saturated rings. The standard InChI is InChI=1S/C7H9N3O/c1-8-9-6-4-2-3-5-7(6)10-11/h2-5,8-9H,1H3. The Hall–Kier alpha value is -1.42. The first kappa shape index (κ1) is 7.68. The number of nitroso groups, excluding NO2 is 1. The van der Waals surface area contributed by atoms with Gasteiger partial charge in [0.2, 0.25) is 0 Å². The van der Waals surface area contributed by atoms with Crippen LogP contribution in [0.5, 0.6) is 0 Å². The Morgan fingerprint density at radius 1 is 1.36 bits per heavy atom. The molecule has 0 bridgehead atoms. The Morgan fingerprint density at radius 2 is 2.09 bits per heavy atom. The number of benzene rings is 1. The Kier molecular flexibility index (Phi) is 2.57. The lowest BCUT2D eigenvalue weighted by Gasteiger charge is -2.03. The van der Waals surface area contributed by atoms with Crippen LogP contribution in [0.25, 0.3) is 0 Å². The summed E-state index contributed by atoms with van der Waals surface area (Å²) in [6, 6.07) is 7.01. The van der Waals surface area contributed by atoms with Gasteiger partial charge in [0, 0.05) is 7.05 Å². The van der Waals surface area contributed by atoms with E-state index in [1.54, 1.807) is 25.2 Å². The smallest absolute Gasteiger partial charge is 0.132 e. The van der Waals surface area contributed by atoms with Crippen LogP contribution in [0, 0.1) is 4.91 Å². The SMILES string of the molecule is CNNc1ccccc1N=O. The fraction of sp³-hybridized carbons (Fsp3) is 0.143. The van der Waals surface area contributed by atoms with E-state index in [0.717, 1.165) is 0 Å². The van der Waals surface area contributed by atoms with E-state index in [-0.39, 0.29) is 0 Å². The van der Waals surface area contributed by atoms with Crippen LogP contribution in [0.15, 0.2) is 29.4 Å². The van der Waals surface area contributed by atoms with Crippen LogP contribution < -0.4 is 10.9 Å².